The Labute approximate surface area is 182 Å². The third kappa shape index (κ3) is 6.01. The second-order valence-corrected chi connectivity index (χ2v) is 11.6. The number of nitrogens with zero attached hydrogens (tertiary/aromatic N) is 3. The van der Waals surface area contributed by atoms with Gasteiger partial charge in [-0.2, -0.15) is 0 Å². The van der Waals surface area contributed by atoms with E-state index in [1.807, 2.05) is 45.0 Å². The Morgan fingerprint density at radius 3 is 2.20 bits per heavy atom. The van der Waals surface area contributed by atoms with Gasteiger partial charge in [0.25, 0.3) is 0 Å². The van der Waals surface area contributed by atoms with Crippen LogP contribution in [0.25, 0.3) is 0 Å². The fraction of sp³-hybridized carbons (Fsp3) is 0.600. The van der Waals surface area contributed by atoms with Crippen LogP contribution in [0.1, 0.15) is 27.2 Å². The Balaban J connectivity index is 1.57. The minimum atomic E-state index is -3.63. The third-order valence-corrected chi connectivity index (χ3v) is 6.35. The molecule has 0 bridgehead atoms. The molecule has 0 N–H and O–H groups in total. The Morgan fingerprint density at radius 2 is 1.67 bits per heavy atom. The molecule has 0 saturated carbocycles. The molecule has 1 atom stereocenters. The van der Waals surface area contributed by atoms with Crippen molar-refractivity contribution in [3.05, 3.63) is 24.3 Å². The topological polar surface area (TPSA) is 87.2 Å². The first kappa shape index (κ1) is 22.7. The van der Waals surface area contributed by atoms with Gasteiger partial charge in [0.1, 0.15) is 5.60 Å². The van der Waals surface area contributed by atoms with Crippen molar-refractivity contribution in [1.82, 2.24) is 4.90 Å². The van der Waals surface area contributed by atoms with Crippen LogP contribution in [0, 0.1) is 5.92 Å². The lowest BCUT2D eigenvalue weighted by Gasteiger charge is -2.36. The van der Waals surface area contributed by atoms with Crippen LogP contribution in [-0.2, 0) is 18.6 Å². The van der Waals surface area contributed by atoms with E-state index in [9.17, 15) is 18.0 Å². The molecule has 1 unspecified atom stereocenters. The molecule has 2 aliphatic heterocycles. The van der Waals surface area contributed by atoms with Crippen molar-refractivity contribution in [3.63, 3.8) is 0 Å². The van der Waals surface area contributed by atoms with Crippen LogP contribution in [-0.4, -0.2) is 69.4 Å². The number of benzene rings is 1. The van der Waals surface area contributed by atoms with Crippen LogP contribution in [0.5, 0.6) is 0 Å². The molecular formula is C20H28ClN3O5S. The normalized spacial score (nSPS) is 20.6. The summed E-state index contributed by atoms with van der Waals surface area (Å²) in [4.78, 5) is 30.0. The van der Waals surface area contributed by atoms with E-state index in [2.05, 4.69) is 4.90 Å². The van der Waals surface area contributed by atoms with E-state index >= 15 is 0 Å². The molecular weight excluding hydrogens is 430 g/mol. The zero-order chi connectivity index (χ0) is 22.1. The summed E-state index contributed by atoms with van der Waals surface area (Å²) in [6.45, 7) is 8.44. The molecule has 0 aliphatic carbocycles. The van der Waals surface area contributed by atoms with Gasteiger partial charge in [-0.15, -0.1) is 0 Å². The average Bonchev–Trinajstić information content (AvgIpc) is 2.99. The smallest absolute Gasteiger partial charge is 0.410 e. The van der Waals surface area contributed by atoms with Gasteiger partial charge in [0, 0.05) is 67.1 Å². The number of carbonyl (C=O) groups is 2. The summed E-state index contributed by atoms with van der Waals surface area (Å²) in [6, 6.07) is 7.62. The molecule has 0 radical (unpaired) electrons. The van der Waals surface area contributed by atoms with Gasteiger partial charge in [-0.05, 0) is 45.0 Å². The lowest BCUT2D eigenvalue weighted by atomic mass is 10.1. The van der Waals surface area contributed by atoms with Gasteiger partial charge in [0.05, 0.1) is 5.75 Å². The molecule has 2 amide bonds. The molecule has 2 fully saturated rings. The number of amides is 2. The number of carbonyl (C=O) groups excluding carboxylic acids is 2. The highest BCUT2D eigenvalue weighted by Crippen LogP contribution is 2.29. The standard InChI is InChI=1S/C20H28ClN3O5S/c1-20(2,3)29-19(26)23-10-8-22(9-11-23)16-4-6-17(7-5-16)24-13-15(12-18(24)25)14-30(21,27)28/h4-7,15H,8-14H2,1-3H3. The summed E-state index contributed by atoms with van der Waals surface area (Å²) in [6.07, 6.45) is -0.112. The van der Waals surface area contributed by atoms with Crippen LogP contribution in [0.2, 0.25) is 0 Å². The van der Waals surface area contributed by atoms with E-state index in [0.29, 0.717) is 32.7 Å². The molecule has 2 aliphatic rings. The summed E-state index contributed by atoms with van der Waals surface area (Å²) >= 11 is 0. The number of hydrogen-bond acceptors (Lipinski definition) is 6. The van der Waals surface area contributed by atoms with Crippen molar-refractivity contribution in [1.29, 1.82) is 0 Å². The van der Waals surface area contributed by atoms with E-state index in [-0.39, 0.29) is 30.1 Å². The van der Waals surface area contributed by atoms with Gasteiger partial charge in [-0.25, -0.2) is 13.2 Å². The van der Waals surface area contributed by atoms with Gasteiger partial charge in [0.15, 0.2) is 0 Å². The summed E-state index contributed by atoms with van der Waals surface area (Å²) < 4.78 is 28.0. The first-order chi connectivity index (χ1) is 13.9. The third-order valence-electron chi connectivity index (χ3n) is 5.10. The number of hydrogen-bond donors (Lipinski definition) is 0. The monoisotopic (exact) mass is 457 g/mol. The van der Waals surface area contributed by atoms with Gasteiger partial charge in [-0.1, -0.05) is 0 Å². The highest BCUT2D eigenvalue weighted by atomic mass is 35.7. The van der Waals surface area contributed by atoms with Crippen LogP contribution >= 0.6 is 10.7 Å². The molecule has 0 spiro atoms. The van der Waals surface area contributed by atoms with E-state index < -0.39 is 14.7 Å². The SMILES string of the molecule is CC(C)(C)OC(=O)N1CCN(c2ccc(N3CC(CS(=O)(=O)Cl)CC3=O)cc2)CC1. The van der Waals surface area contributed by atoms with Crippen LogP contribution in [0.15, 0.2) is 24.3 Å². The van der Waals surface area contributed by atoms with Gasteiger partial charge in [-0.3, -0.25) is 4.79 Å². The van der Waals surface area contributed by atoms with Crippen molar-refractivity contribution < 1.29 is 22.7 Å². The van der Waals surface area contributed by atoms with Gasteiger partial charge >= 0.3 is 6.09 Å². The van der Waals surface area contributed by atoms with Crippen molar-refractivity contribution >= 4 is 43.1 Å². The lowest BCUT2D eigenvalue weighted by Crippen LogP contribution is -2.50. The molecule has 3 rings (SSSR count). The van der Waals surface area contributed by atoms with Gasteiger partial charge < -0.3 is 19.4 Å². The molecule has 166 valence electrons. The molecule has 2 saturated heterocycles. The zero-order valence-electron chi connectivity index (χ0n) is 17.5. The Bertz CT molecular complexity index is 890. The maximum atomic E-state index is 12.3. The van der Waals surface area contributed by atoms with Crippen LogP contribution in [0.4, 0.5) is 16.2 Å². The van der Waals surface area contributed by atoms with Crippen LogP contribution in [0.3, 0.4) is 0 Å². The van der Waals surface area contributed by atoms with E-state index in [4.69, 9.17) is 15.4 Å². The predicted molar refractivity (Wildman–Crippen MR) is 117 cm³/mol. The molecule has 2 heterocycles. The highest BCUT2D eigenvalue weighted by molar-refractivity contribution is 8.13. The van der Waals surface area contributed by atoms with Gasteiger partial charge in [0.2, 0.25) is 15.0 Å². The van der Waals surface area contributed by atoms with Crippen molar-refractivity contribution in [2.24, 2.45) is 5.92 Å². The second kappa shape index (κ2) is 8.63. The highest BCUT2D eigenvalue weighted by Gasteiger charge is 2.33. The fourth-order valence-electron chi connectivity index (χ4n) is 3.74. The fourth-order valence-corrected chi connectivity index (χ4v) is 5.06. The van der Waals surface area contributed by atoms with E-state index in [1.54, 1.807) is 9.80 Å². The Morgan fingerprint density at radius 1 is 1.10 bits per heavy atom. The molecule has 1 aromatic carbocycles. The summed E-state index contributed by atoms with van der Waals surface area (Å²) in [5, 5.41) is 0. The first-order valence-corrected chi connectivity index (χ1v) is 12.4. The number of rotatable bonds is 4. The maximum Gasteiger partial charge on any atom is 0.410 e. The molecule has 0 aromatic heterocycles. The number of halogens is 1. The van der Waals surface area contributed by atoms with E-state index in [0.717, 1.165) is 11.4 Å². The van der Waals surface area contributed by atoms with Crippen molar-refractivity contribution in [3.8, 4) is 0 Å². The summed E-state index contributed by atoms with van der Waals surface area (Å²) in [5.41, 5.74) is 1.24. The second-order valence-electron chi connectivity index (χ2n) is 8.75. The van der Waals surface area contributed by atoms with Crippen LogP contribution < -0.4 is 9.80 Å². The number of anilines is 2. The minimum absolute atomic E-state index is 0.0981. The number of piperazine rings is 1. The quantitative estimate of drug-likeness (QED) is 0.646. The number of ether oxygens (including phenoxy) is 1. The zero-order valence-corrected chi connectivity index (χ0v) is 19.1. The van der Waals surface area contributed by atoms with Crippen molar-refractivity contribution in [2.45, 2.75) is 32.8 Å². The van der Waals surface area contributed by atoms with E-state index in [1.165, 1.54) is 0 Å². The molecule has 30 heavy (non-hydrogen) atoms. The van der Waals surface area contributed by atoms with Crippen molar-refractivity contribution in [2.75, 3.05) is 48.3 Å². The maximum absolute atomic E-state index is 12.3. The largest absolute Gasteiger partial charge is 0.444 e. The lowest BCUT2D eigenvalue weighted by molar-refractivity contribution is -0.117. The average molecular weight is 458 g/mol. The Hall–Kier alpha value is -2.00. The predicted octanol–water partition coefficient (Wildman–Crippen LogP) is 2.67. The molecule has 1 aromatic rings. The Kier molecular flexibility index (Phi) is 6.52. The first-order valence-electron chi connectivity index (χ1n) is 9.97. The molecule has 10 heteroatoms. The minimum Gasteiger partial charge on any atom is -0.444 e. The summed E-state index contributed by atoms with van der Waals surface area (Å²) in [5.74, 6) is -0.587. The molecule has 8 nitrogen and oxygen atoms in total. The summed E-state index contributed by atoms with van der Waals surface area (Å²) in [7, 11) is 1.70.